The first-order valence-corrected chi connectivity index (χ1v) is 10.3. The lowest BCUT2D eigenvalue weighted by molar-refractivity contribution is 0.0108. The predicted molar refractivity (Wildman–Crippen MR) is 107 cm³/mol. The largest absolute Gasteiger partial charge is 0.375 e. The maximum absolute atomic E-state index is 13.1. The molecule has 0 bridgehead atoms. The molecule has 0 saturated carbocycles. The fourth-order valence-corrected chi connectivity index (χ4v) is 4.83. The summed E-state index contributed by atoms with van der Waals surface area (Å²) >= 11 is 0. The molecule has 0 atom stereocenters. The van der Waals surface area contributed by atoms with Gasteiger partial charge in [-0.1, -0.05) is 18.7 Å². The van der Waals surface area contributed by atoms with Crippen molar-refractivity contribution in [1.29, 1.82) is 0 Å². The first kappa shape index (κ1) is 18.6. The molecule has 4 heteroatoms. The minimum Gasteiger partial charge on any atom is -0.375 e. The van der Waals surface area contributed by atoms with Crippen molar-refractivity contribution in [3.63, 3.8) is 0 Å². The molecule has 2 aliphatic heterocycles. The average molecular weight is 373 g/mol. The van der Waals surface area contributed by atoms with Crippen LogP contribution in [0.25, 0.3) is 0 Å². The van der Waals surface area contributed by atoms with Gasteiger partial charge in [-0.05, 0) is 80.0 Å². The molecule has 0 N–H and O–H groups in total. The summed E-state index contributed by atoms with van der Waals surface area (Å²) in [6.45, 7) is 7.79. The molecule has 1 fully saturated rings. The minimum absolute atomic E-state index is 0.112. The number of rotatable bonds is 5. The number of fused-ring (bicyclic) bond motifs is 1. The number of alkyl halides is 2. The van der Waals surface area contributed by atoms with Crippen LogP contribution in [-0.4, -0.2) is 36.2 Å². The van der Waals surface area contributed by atoms with Gasteiger partial charge in [0.05, 0.1) is 0 Å². The molecule has 1 aliphatic carbocycles. The number of halogens is 2. The molecule has 146 valence electrons. The van der Waals surface area contributed by atoms with E-state index >= 15 is 0 Å². The molecule has 1 spiro atoms. The van der Waals surface area contributed by atoms with Gasteiger partial charge in [0.1, 0.15) is 0 Å². The van der Waals surface area contributed by atoms with Crippen LogP contribution >= 0.6 is 0 Å². The van der Waals surface area contributed by atoms with Crippen LogP contribution in [0.5, 0.6) is 0 Å². The lowest BCUT2D eigenvalue weighted by Crippen LogP contribution is -2.40. The van der Waals surface area contributed by atoms with E-state index < -0.39 is 5.92 Å². The second-order valence-electron chi connectivity index (χ2n) is 8.90. The molecule has 3 aliphatic rings. The summed E-state index contributed by atoms with van der Waals surface area (Å²) in [6, 6.07) is 6.91. The van der Waals surface area contributed by atoms with E-state index in [0.717, 1.165) is 51.5 Å². The zero-order valence-corrected chi connectivity index (χ0v) is 16.4. The van der Waals surface area contributed by atoms with Crippen LogP contribution in [0, 0.1) is 5.41 Å². The molecule has 2 nitrogen and oxygen atoms in total. The van der Waals surface area contributed by atoms with E-state index in [4.69, 9.17) is 4.99 Å². The second-order valence-corrected chi connectivity index (χ2v) is 8.90. The van der Waals surface area contributed by atoms with Crippen molar-refractivity contribution in [2.45, 2.75) is 64.2 Å². The molecule has 0 aromatic heterocycles. The van der Waals surface area contributed by atoms with Crippen molar-refractivity contribution in [2.24, 2.45) is 10.4 Å². The second kappa shape index (κ2) is 7.03. The van der Waals surface area contributed by atoms with Crippen LogP contribution in [0.4, 0.5) is 8.78 Å². The number of aryl methyl sites for hydroxylation is 2. The van der Waals surface area contributed by atoms with Gasteiger partial charge >= 0.3 is 0 Å². The van der Waals surface area contributed by atoms with Gasteiger partial charge in [0, 0.05) is 37.5 Å². The molecule has 0 radical (unpaired) electrons. The third-order valence-corrected chi connectivity index (χ3v) is 6.70. The van der Waals surface area contributed by atoms with Gasteiger partial charge in [0.15, 0.2) is 0 Å². The van der Waals surface area contributed by atoms with E-state index in [9.17, 15) is 8.78 Å². The lowest BCUT2D eigenvalue weighted by Gasteiger charge is -2.41. The number of hydrogen-bond donors (Lipinski definition) is 0. The van der Waals surface area contributed by atoms with Crippen molar-refractivity contribution in [1.82, 2.24) is 4.90 Å². The van der Waals surface area contributed by atoms with E-state index in [2.05, 4.69) is 29.7 Å². The van der Waals surface area contributed by atoms with Gasteiger partial charge in [0.2, 0.25) is 5.92 Å². The Bertz CT molecular complexity index is 752. The SMILES string of the molecule is C=C(CCC(C)(F)F)N1CCC2(CC1)CN=C(c1ccc3c(c1)CCC3)C2. The Morgan fingerprint density at radius 1 is 1.22 bits per heavy atom. The van der Waals surface area contributed by atoms with Crippen molar-refractivity contribution in [3.05, 3.63) is 47.2 Å². The third-order valence-electron chi connectivity index (χ3n) is 6.70. The Kier molecular flexibility index (Phi) is 4.85. The zero-order chi connectivity index (χ0) is 19.1. The van der Waals surface area contributed by atoms with Gasteiger partial charge in [-0.3, -0.25) is 4.99 Å². The molecular formula is C23H30F2N2. The van der Waals surface area contributed by atoms with E-state index in [1.165, 1.54) is 41.7 Å². The summed E-state index contributed by atoms with van der Waals surface area (Å²) in [5.74, 6) is -2.61. The monoisotopic (exact) mass is 372 g/mol. The van der Waals surface area contributed by atoms with E-state index in [1.807, 2.05) is 0 Å². The van der Waals surface area contributed by atoms with Crippen LogP contribution in [0.15, 0.2) is 35.5 Å². The number of piperidine rings is 1. The Morgan fingerprint density at radius 2 is 1.96 bits per heavy atom. The van der Waals surface area contributed by atoms with Crippen molar-refractivity contribution >= 4 is 5.71 Å². The normalized spacial score (nSPS) is 21.4. The van der Waals surface area contributed by atoms with Crippen molar-refractivity contribution in [3.8, 4) is 0 Å². The fraction of sp³-hybridized carbons (Fsp3) is 0.609. The highest BCUT2D eigenvalue weighted by Gasteiger charge is 2.39. The maximum Gasteiger partial charge on any atom is 0.245 e. The van der Waals surface area contributed by atoms with Gasteiger partial charge < -0.3 is 4.90 Å². The van der Waals surface area contributed by atoms with Gasteiger partial charge in [-0.2, -0.15) is 0 Å². The molecule has 1 aromatic carbocycles. The standard InChI is InChI=1S/C23H30F2N2/c1-17(8-9-22(2,24)25)27-12-10-23(11-13-27)15-21(26-16-23)20-7-6-18-4-3-5-19(18)14-20/h6-7,14H,1,3-5,8-13,15-16H2,2H3. The molecule has 1 saturated heterocycles. The summed E-state index contributed by atoms with van der Waals surface area (Å²) in [5.41, 5.74) is 6.72. The first-order chi connectivity index (χ1) is 12.8. The number of nitrogens with zero attached hydrogens (tertiary/aromatic N) is 2. The van der Waals surface area contributed by atoms with Crippen LogP contribution in [0.3, 0.4) is 0 Å². The number of benzene rings is 1. The lowest BCUT2D eigenvalue weighted by atomic mass is 9.75. The quantitative estimate of drug-likeness (QED) is 0.676. The Labute approximate surface area is 161 Å². The molecular weight excluding hydrogens is 342 g/mol. The van der Waals surface area contributed by atoms with E-state index in [0.29, 0.717) is 6.42 Å². The summed E-state index contributed by atoms with van der Waals surface area (Å²) in [6.07, 6.45) is 7.18. The van der Waals surface area contributed by atoms with Crippen molar-refractivity contribution < 1.29 is 8.78 Å². The molecule has 0 unspecified atom stereocenters. The molecule has 4 rings (SSSR count). The first-order valence-electron chi connectivity index (χ1n) is 10.3. The molecule has 0 amide bonds. The Morgan fingerprint density at radius 3 is 2.70 bits per heavy atom. The highest BCUT2D eigenvalue weighted by Crippen LogP contribution is 2.42. The molecule has 27 heavy (non-hydrogen) atoms. The Balaban J connectivity index is 1.33. The highest BCUT2D eigenvalue weighted by molar-refractivity contribution is 6.02. The van der Waals surface area contributed by atoms with Crippen LogP contribution in [-0.2, 0) is 12.8 Å². The summed E-state index contributed by atoms with van der Waals surface area (Å²) in [5, 5.41) is 0. The maximum atomic E-state index is 13.1. The van der Waals surface area contributed by atoms with E-state index in [1.54, 1.807) is 0 Å². The number of likely N-dealkylation sites (tertiary alicyclic amines) is 1. The summed E-state index contributed by atoms with van der Waals surface area (Å²) in [7, 11) is 0. The predicted octanol–water partition coefficient (Wildman–Crippen LogP) is 5.40. The van der Waals surface area contributed by atoms with E-state index in [-0.39, 0.29) is 11.8 Å². The van der Waals surface area contributed by atoms with Crippen molar-refractivity contribution in [2.75, 3.05) is 19.6 Å². The number of aliphatic imine (C=N–C) groups is 1. The average Bonchev–Trinajstić information content (AvgIpc) is 3.26. The minimum atomic E-state index is -2.61. The van der Waals surface area contributed by atoms with Crippen LogP contribution in [0.2, 0.25) is 0 Å². The van der Waals surface area contributed by atoms with Crippen LogP contribution < -0.4 is 0 Å². The summed E-state index contributed by atoms with van der Waals surface area (Å²) < 4.78 is 26.2. The Hall–Kier alpha value is -1.71. The molecule has 1 aromatic rings. The summed E-state index contributed by atoms with van der Waals surface area (Å²) in [4.78, 5) is 7.14. The smallest absolute Gasteiger partial charge is 0.245 e. The number of hydrogen-bond acceptors (Lipinski definition) is 2. The number of allylic oxidation sites excluding steroid dienone is 1. The highest BCUT2D eigenvalue weighted by atomic mass is 19.3. The van der Waals surface area contributed by atoms with Gasteiger partial charge in [-0.25, -0.2) is 8.78 Å². The fourth-order valence-electron chi connectivity index (χ4n) is 4.83. The topological polar surface area (TPSA) is 15.6 Å². The van der Waals surface area contributed by atoms with Gasteiger partial charge in [-0.15, -0.1) is 0 Å². The molecule has 2 heterocycles. The van der Waals surface area contributed by atoms with Gasteiger partial charge in [0.25, 0.3) is 0 Å². The zero-order valence-electron chi connectivity index (χ0n) is 16.4. The third kappa shape index (κ3) is 4.09. The van der Waals surface area contributed by atoms with Crippen LogP contribution in [0.1, 0.15) is 62.1 Å².